The third-order valence-electron chi connectivity index (χ3n) is 4.64. The van der Waals surface area contributed by atoms with E-state index < -0.39 is 5.97 Å². The number of carboxylic acids is 1. The molecule has 0 saturated heterocycles. The minimum absolute atomic E-state index is 0.00168. The first-order chi connectivity index (χ1) is 11.6. The number of hydrogen-bond acceptors (Lipinski definition) is 3. The van der Waals surface area contributed by atoms with Gasteiger partial charge in [0.25, 0.3) is 0 Å². The lowest BCUT2D eigenvalue weighted by Gasteiger charge is -2.19. The van der Waals surface area contributed by atoms with Gasteiger partial charge in [-0.05, 0) is 30.4 Å². The molecule has 2 aromatic rings. The molecule has 24 heavy (non-hydrogen) atoms. The number of rotatable bonds is 5. The first-order valence-corrected chi connectivity index (χ1v) is 9.07. The Labute approximate surface area is 145 Å². The molecule has 1 heterocycles. The van der Waals surface area contributed by atoms with Gasteiger partial charge in [-0.15, -0.1) is 11.3 Å². The Morgan fingerprint density at radius 3 is 2.50 bits per heavy atom. The standard InChI is InChI=1S/C19H21NO3S/c1-20(17(21)11-13-7-5-6-8-13)15-12-16(24-18(15)19(22)23)14-9-3-2-4-10-14/h2-4,9-10,12-13H,5-8,11H2,1H3,(H,22,23). The number of amides is 1. The van der Waals surface area contributed by atoms with E-state index in [-0.39, 0.29) is 10.8 Å². The van der Waals surface area contributed by atoms with Crippen LogP contribution in [0.2, 0.25) is 0 Å². The van der Waals surface area contributed by atoms with Crippen molar-refractivity contribution in [1.82, 2.24) is 0 Å². The van der Waals surface area contributed by atoms with Crippen LogP contribution in [0.5, 0.6) is 0 Å². The minimum atomic E-state index is -0.988. The van der Waals surface area contributed by atoms with E-state index in [4.69, 9.17) is 0 Å². The topological polar surface area (TPSA) is 57.6 Å². The van der Waals surface area contributed by atoms with Crippen LogP contribution in [0.25, 0.3) is 10.4 Å². The van der Waals surface area contributed by atoms with Crippen LogP contribution >= 0.6 is 11.3 Å². The lowest BCUT2D eigenvalue weighted by Crippen LogP contribution is -2.28. The summed E-state index contributed by atoms with van der Waals surface area (Å²) < 4.78 is 0. The summed E-state index contributed by atoms with van der Waals surface area (Å²) in [6, 6.07) is 11.5. The molecule has 0 unspecified atom stereocenters. The number of carboxylic acid groups (broad SMARTS) is 1. The molecule has 1 aromatic heterocycles. The molecule has 5 heteroatoms. The fourth-order valence-electron chi connectivity index (χ4n) is 3.26. The molecular weight excluding hydrogens is 322 g/mol. The van der Waals surface area contributed by atoms with E-state index >= 15 is 0 Å². The van der Waals surface area contributed by atoms with Crippen LogP contribution in [0.4, 0.5) is 5.69 Å². The van der Waals surface area contributed by atoms with Gasteiger partial charge in [0.2, 0.25) is 5.91 Å². The Balaban J connectivity index is 1.86. The van der Waals surface area contributed by atoms with Gasteiger partial charge in [0.15, 0.2) is 0 Å². The zero-order valence-corrected chi connectivity index (χ0v) is 14.5. The van der Waals surface area contributed by atoms with Crippen LogP contribution in [-0.2, 0) is 4.79 Å². The third-order valence-corrected chi connectivity index (χ3v) is 5.80. The predicted octanol–water partition coefficient (Wildman–Crippen LogP) is 4.66. The van der Waals surface area contributed by atoms with Crippen LogP contribution in [0.15, 0.2) is 36.4 Å². The van der Waals surface area contributed by atoms with Gasteiger partial charge in [0.1, 0.15) is 4.88 Å². The molecule has 1 aliphatic carbocycles. The summed E-state index contributed by atoms with van der Waals surface area (Å²) in [5, 5.41) is 9.51. The maximum absolute atomic E-state index is 12.6. The molecule has 1 saturated carbocycles. The summed E-state index contributed by atoms with van der Waals surface area (Å²) in [6.07, 6.45) is 5.10. The van der Waals surface area contributed by atoms with Gasteiger partial charge in [-0.25, -0.2) is 4.79 Å². The van der Waals surface area contributed by atoms with Crippen molar-refractivity contribution in [3.8, 4) is 10.4 Å². The highest BCUT2D eigenvalue weighted by Gasteiger charge is 2.25. The summed E-state index contributed by atoms with van der Waals surface area (Å²) in [5.41, 5.74) is 1.46. The highest BCUT2D eigenvalue weighted by molar-refractivity contribution is 7.18. The fraction of sp³-hybridized carbons (Fsp3) is 0.368. The number of carbonyl (C=O) groups excluding carboxylic acids is 1. The van der Waals surface area contributed by atoms with Gasteiger partial charge >= 0.3 is 5.97 Å². The molecule has 1 amide bonds. The average molecular weight is 343 g/mol. The Morgan fingerprint density at radius 2 is 1.88 bits per heavy atom. The summed E-state index contributed by atoms with van der Waals surface area (Å²) in [6.45, 7) is 0. The van der Waals surface area contributed by atoms with Crippen molar-refractivity contribution in [2.75, 3.05) is 11.9 Å². The molecule has 1 N–H and O–H groups in total. The zero-order chi connectivity index (χ0) is 17.1. The molecule has 1 fully saturated rings. The highest BCUT2D eigenvalue weighted by Crippen LogP contribution is 2.37. The maximum Gasteiger partial charge on any atom is 0.348 e. The number of aromatic carboxylic acids is 1. The number of anilines is 1. The van der Waals surface area contributed by atoms with E-state index in [1.165, 1.54) is 29.1 Å². The lowest BCUT2D eigenvalue weighted by molar-refractivity contribution is -0.119. The van der Waals surface area contributed by atoms with Gasteiger partial charge < -0.3 is 10.0 Å². The minimum Gasteiger partial charge on any atom is -0.477 e. The number of benzene rings is 1. The Morgan fingerprint density at radius 1 is 1.21 bits per heavy atom. The first-order valence-electron chi connectivity index (χ1n) is 8.25. The zero-order valence-electron chi connectivity index (χ0n) is 13.7. The summed E-state index contributed by atoms with van der Waals surface area (Å²) >= 11 is 1.22. The summed E-state index contributed by atoms with van der Waals surface area (Å²) in [5.74, 6) is -0.542. The molecule has 0 atom stereocenters. The maximum atomic E-state index is 12.6. The van der Waals surface area contributed by atoms with E-state index in [1.807, 2.05) is 36.4 Å². The quantitative estimate of drug-likeness (QED) is 0.859. The number of thiophene rings is 1. The normalized spacial score (nSPS) is 14.7. The van der Waals surface area contributed by atoms with Gasteiger partial charge in [-0.2, -0.15) is 0 Å². The van der Waals surface area contributed by atoms with Crippen molar-refractivity contribution in [2.45, 2.75) is 32.1 Å². The monoisotopic (exact) mass is 343 g/mol. The Kier molecular flexibility index (Phi) is 5.00. The van der Waals surface area contributed by atoms with Crippen molar-refractivity contribution in [2.24, 2.45) is 5.92 Å². The Bertz CT molecular complexity index is 732. The number of nitrogens with zero attached hydrogens (tertiary/aromatic N) is 1. The molecule has 1 aliphatic rings. The van der Waals surface area contributed by atoms with Gasteiger partial charge in [0.05, 0.1) is 5.69 Å². The molecule has 4 nitrogen and oxygen atoms in total. The molecule has 0 radical (unpaired) electrons. The highest BCUT2D eigenvalue weighted by atomic mass is 32.1. The van der Waals surface area contributed by atoms with Crippen molar-refractivity contribution in [3.05, 3.63) is 41.3 Å². The summed E-state index contributed by atoms with van der Waals surface area (Å²) in [7, 11) is 1.68. The SMILES string of the molecule is CN(C(=O)CC1CCCC1)c1cc(-c2ccccc2)sc1C(=O)O. The molecule has 126 valence electrons. The Hall–Kier alpha value is -2.14. The first kappa shape index (κ1) is 16.7. The van der Waals surface area contributed by atoms with Crippen molar-refractivity contribution in [1.29, 1.82) is 0 Å². The van der Waals surface area contributed by atoms with Gasteiger partial charge in [-0.3, -0.25) is 4.79 Å². The van der Waals surface area contributed by atoms with Crippen LogP contribution in [0, 0.1) is 5.92 Å². The molecular formula is C19H21NO3S. The van der Waals surface area contributed by atoms with Crippen LogP contribution in [-0.4, -0.2) is 24.0 Å². The van der Waals surface area contributed by atoms with Crippen LogP contribution in [0.1, 0.15) is 41.8 Å². The van der Waals surface area contributed by atoms with E-state index in [2.05, 4.69) is 0 Å². The summed E-state index contributed by atoms with van der Waals surface area (Å²) in [4.78, 5) is 26.8. The second kappa shape index (κ2) is 7.18. The average Bonchev–Trinajstić information content (AvgIpc) is 3.24. The van der Waals surface area contributed by atoms with E-state index in [1.54, 1.807) is 7.05 Å². The molecule has 0 bridgehead atoms. The second-order valence-electron chi connectivity index (χ2n) is 6.30. The lowest BCUT2D eigenvalue weighted by atomic mass is 10.0. The molecule has 0 spiro atoms. The third kappa shape index (κ3) is 3.51. The van der Waals surface area contributed by atoms with Crippen molar-refractivity contribution in [3.63, 3.8) is 0 Å². The van der Waals surface area contributed by atoms with E-state index in [0.29, 0.717) is 18.0 Å². The van der Waals surface area contributed by atoms with E-state index in [9.17, 15) is 14.7 Å². The van der Waals surface area contributed by atoms with Crippen LogP contribution < -0.4 is 4.90 Å². The number of carbonyl (C=O) groups is 2. The number of hydrogen-bond donors (Lipinski definition) is 1. The van der Waals surface area contributed by atoms with Gasteiger partial charge in [0, 0.05) is 18.3 Å². The van der Waals surface area contributed by atoms with Gasteiger partial charge in [-0.1, -0.05) is 43.2 Å². The van der Waals surface area contributed by atoms with E-state index in [0.717, 1.165) is 23.3 Å². The second-order valence-corrected chi connectivity index (χ2v) is 7.36. The fourth-order valence-corrected chi connectivity index (χ4v) is 4.29. The van der Waals surface area contributed by atoms with Crippen molar-refractivity contribution < 1.29 is 14.7 Å². The molecule has 1 aromatic carbocycles. The van der Waals surface area contributed by atoms with Crippen molar-refractivity contribution >= 4 is 28.9 Å². The molecule has 0 aliphatic heterocycles. The smallest absolute Gasteiger partial charge is 0.348 e. The molecule has 3 rings (SSSR count). The predicted molar refractivity (Wildman–Crippen MR) is 96.7 cm³/mol. The largest absolute Gasteiger partial charge is 0.477 e. The van der Waals surface area contributed by atoms with Crippen LogP contribution in [0.3, 0.4) is 0 Å².